The summed E-state index contributed by atoms with van der Waals surface area (Å²) >= 11 is 0. The molecular formula is C12H14N2O5. The predicted molar refractivity (Wildman–Crippen MR) is 67.3 cm³/mol. The van der Waals surface area contributed by atoms with E-state index in [0.29, 0.717) is 24.3 Å². The van der Waals surface area contributed by atoms with Crippen LogP contribution >= 0.6 is 0 Å². The maximum atomic E-state index is 11.3. The molecule has 1 fully saturated rings. The van der Waals surface area contributed by atoms with Gasteiger partial charge < -0.3 is 15.2 Å². The van der Waals surface area contributed by atoms with Gasteiger partial charge in [0.1, 0.15) is 0 Å². The molecule has 7 nitrogen and oxygen atoms in total. The summed E-state index contributed by atoms with van der Waals surface area (Å²) in [6, 6.07) is 4.44. The van der Waals surface area contributed by atoms with E-state index in [0.717, 1.165) is 0 Å². The van der Waals surface area contributed by atoms with Crippen LogP contribution in [0.25, 0.3) is 0 Å². The zero-order valence-corrected chi connectivity index (χ0v) is 10.4. The number of benzene rings is 1. The molecule has 0 bridgehead atoms. The second-order valence-corrected chi connectivity index (χ2v) is 4.57. The second kappa shape index (κ2) is 4.85. The van der Waals surface area contributed by atoms with E-state index in [4.69, 9.17) is 4.74 Å². The summed E-state index contributed by atoms with van der Waals surface area (Å²) in [6.07, 6.45) is 0.359. The van der Waals surface area contributed by atoms with E-state index in [1.165, 1.54) is 12.1 Å². The third-order valence-electron chi connectivity index (χ3n) is 3.21. The molecule has 0 radical (unpaired) electrons. The maximum absolute atomic E-state index is 11.3. The summed E-state index contributed by atoms with van der Waals surface area (Å²) in [5.41, 5.74) is -0.120. The molecule has 2 N–H and O–H groups in total. The van der Waals surface area contributed by atoms with Crippen LogP contribution in [0.4, 0.5) is 11.4 Å². The maximum Gasteiger partial charge on any atom is 0.331 e. The lowest BCUT2D eigenvalue weighted by molar-refractivity contribution is -0.385. The SMILES string of the molecule is Cc1cc(NC2(C(=O)O)CCOC2)ccc1[N+](=O)[O-]. The van der Waals surface area contributed by atoms with E-state index in [-0.39, 0.29) is 12.3 Å². The topological polar surface area (TPSA) is 102 Å². The molecule has 0 aliphatic carbocycles. The molecule has 0 spiro atoms. The van der Waals surface area contributed by atoms with Gasteiger partial charge in [0.25, 0.3) is 5.69 Å². The van der Waals surface area contributed by atoms with Crippen molar-refractivity contribution in [3.05, 3.63) is 33.9 Å². The van der Waals surface area contributed by atoms with Crippen molar-refractivity contribution in [2.24, 2.45) is 0 Å². The highest BCUT2D eigenvalue weighted by molar-refractivity contribution is 5.83. The lowest BCUT2D eigenvalue weighted by Crippen LogP contribution is -2.47. The van der Waals surface area contributed by atoms with Crippen LogP contribution in [0, 0.1) is 17.0 Å². The van der Waals surface area contributed by atoms with Gasteiger partial charge in [-0.3, -0.25) is 10.1 Å². The summed E-state index contributed by atoms with van der Waals surface area (Å²) in [5.74, 6) is -0.985. The fourth-order valence-corrected chi connectivity index (χ4v) is 2.10. The van der Waals surface area contributed by atoms with Crippen molar-refractivity contribution < 1.29 is 19.6 Å². The number of ether oxygens (including phenoxy) is 1. The van der Waals surface area contributed by atoms with E-state index in [9.17, 15) is 20.0 Å². The van der Waals surface area contributed by atoms with Crippen LogP contribution in [0.15, 0.2) is 18.2 Å². The molecule has 0 saturated carbocycles. The standard InChI is InChI=1S/C12H14N2O5/c1-8-6-9(2-3-10(8)14(17)18)13-12(11(15)16)4-5-19-7-12/h2-3,6,13H,4-5,7H2,1H3,(H,15,16). The minimum absolute atomic E-state index is 0.0117. The minimum Gasteiger partial charge on any atom is -0.479 e. The van der Waals surface area contributed by atoms with Gasteiger partial charge in [0.2, 0.25) is 0 Å². The molecule has 19 heavy (non-hydrogen) atoms. The molecule has 1 heterocycles. The summed E-state index contributed by atoms with van der Waals surface area (Å²) in [6.45, 7) is 2.07. The van der Waals surface area contributed by atoms with Gasteiger partial charge in [-0.1, -0.05) is 0 Å². The first kappa shape index (κ1) is 13.3. The van der Waals surface area contributed by atoms with E-state index in [1.54, 1.807) is 13.0 Å². The van der Waals surface area contributed by atoms with Gasteiger partial charge >= 0.3 is 5.97 Å². The number of hydrogen-bond donors (Lipinski definition) is 2. The summed E-state index contributed by atoms with van der Waals surface area (Å²) in [5, 5.41) is 22.9. The molecule has 1 aromatic rings. The molecule has 1 aliphatic heterocycles. The normalized spacial score (nSPS) is 22.2. The lowest BCUT2D eigenvalue weighted by atomic mass is 9.98. The number of anilines is 1. The molecule has 0 amide bonds. The Balaban J connectivity index is 2.26. The van der Waals surface area contributed by atoms with Gasteiger partial charge in [0.15, 0.2) is 5.54 Å². The Morgan fingerprint density at radius 2 is 2.32 bits per heavy atom. The first-order valence-corrected chi connectivity index (χ1v) is 5.79. The molecule has 102 valence electrons. The zero-order valence-electron chi connectivity index (χ0n) is 10.4. The number of nitro benzene ring substituents is 1. The first-order chi connectivity index (χ1) is 8.94. The Bertz CT molecular complexity index is 523. The van der Waals surface area contributed by atoms with E-state index < -0.39 is 16.4 Å². The van der Waals surface area contributed by atoms with Crippen LogP contribution in [0.3, 0.4) is 0 Å². The van der Waals surface area contributed by atoms with Gasteiger partial charge in [0.05, 0.1) is 11.5 Å². The van der Waals surface area contributed by atoms with E-state index >= 15 is 0 Å². The number of nitro groups is 1. The third kappa shape index (κ3) is 2.50. The average Bonchev–Trinajstić information content (AvgIpc) is 2.78. The monoisotopic (exact) mass is 266 g/mol. The van der Waals surface area contributed by atoms with Crippen molar-refractivity contribution in [1.82, 2.24) is 0 Å². The number of carboxylic acids is 1. The van der Waals surface area contributed by atoms with Crippen LogP contribution in [0.5, 0.6) is 0 Å². The quantitative estimate of drug-likeness (QED) is 0.633. The number of rotatable bonds is 4. The molecule has 1 aromatic carbocycles. The Kier molecular flexibility index (Phi) is 3.39. The Labute approximate surface area is 109 Å². The van der Waals surface area contributed by atoms with Crippen LogP contribution in [-0.4, -0.2) is 34.8 Å². The number of nitrogens with zero attached hydrogens (tertiary/aromatic N) is 1. The van der Waals surface area contributed by atoms with Crippen molar-refractivity contribution in [3.63, 3.8) is 0 Å². The van der Waals surface area contributed by atoms with Gasteiger partial charge in [-0.15, -0.1) is 0 Å². The first-order valence-electron chi connectivity index (χ1n) is 5.79. The molecular weight excluding hydrogens is 252 g/mol. The molecule has 1 atom stereocenters. The van der Waals surface area contributed by atoms with Crippen molar-refractivity contribution in [1.29, 1.82) is 0 Å². The van der Waals surface area contributed by atoms with Gasteiger partial charge in [-0.2, -0.15) is 0 Å². The van der Waals surface area contributed by atoms with Crippen LogP contribution in [0.2, 0.25) is 0 Å². The van der Waals surface area contributed by atoms with Crippen molar-refractivity contribution >= 4 is 17.3 Å². The molecule has 2 rings (SSSR count). The lowest BCUT2D eigenvalue weighted by Gasteiger charge is -2.25. The number of aliphatic carboxylic acids is 1. The summed E-state index contributed by atoms with van der Waals surface area (Å²) in [7, 11) is 0. The van der Waals surface area contributed by atoms with E-state index in [1.807, 2.05) is 0 Å². The van der Waals surface area contributed by atoms with Gasteiger partial charge in [0, 0.05) is 30.3 Å². The van der Waals surface area contributed by atoms with Crippen molar-refractivity contribution in [2.45, 2.75) is 18.9 Å². The number of nitrogens with one attached hydrogen (secondary N) is 1. The average molecular weight is 266 g/mol. The predicted octanol–water partition coefficient (Wildman–Crippen LogP) is 1.56. The molecule has 1 unspecified atom stereocenters. The molecule has 7 heteroatoms. The number of aryl methyl sites for hydroxylation is 1. The smallest absolute Gasteiger partial charge is 0.331 e. The van der Waals surface area contributed by atoms with Crippen LogP contribution in [0.1, 0.15) is 12.0 Å². The number of carboxylic acid groups (broad SMARTS) is 1. The zero-order chi connectivity index (χ0) is 14.0. The number of hydrogen-bond acceptors (Lipinski definition) is 5. The largest absolute Gasteiger partial charge is 0.479 e. The summed E-state index contributed by atoms with van der Waals surface area (Å²) in [4.78, 5) is 21.6. The molecule has 0 aromatic heterocycles. The highest BCUT2D eigenvalue weighted by Gasteiger charge is 2.42. The fourth-order valence-electron chi connectivity index (χ4n) is 2.10. The van der Waals surface area contributed by atoms with Crippen LogP contribution in [-0.2, 0) is 9.53 Å². The van der Waals surface area contributed by atoms with Gasteiger partial charge in [-0.25, -0.2) is 4.79 Å². The molecule has 1 saturated heterocycles. The highest BCUT2D eigenvalue weighted by atomic mass is 16.6. The second-order valence-electron chi connectivity index (χ2n) is 4.57. The summed E-state index contributed by atoms with van der Waals surface area (Å²) < 4.78 is 5.13. The van der Waals surface area contributed by atoms with Crippen molar-refractivity contribution in [2.75, 3.05) is 18.5 Å². The Morgan fingerprint density at radius 1 is 1.58 bits per heavy atom. The third-order valence-corrected chi connectivity index (χ3v) is 3.21. The van der Waals surface area contributed by atoms with Gasteiger partial charge in [-0.05, 0) is 19.1 Å². The fraction of sp³-hybridized carbons (Fsp3) is 0.417. The Morgan fingerprint density at radius 3 is 2.79 bits per heavy atom. The van der Waals surface area contributed by atoms with Crippen molar-refractivity contribution in [3.8, 4) is 0 Å². The number of carbonyl (C=O) groups is 1. The van der Waals surface area contributed by atoms with Crippen LogP contribution < -0.4 is 5.32 Å². The highest BCUT2D eigenvalue weighted by Crippen LogP contribution is 2.28. The Hall–Kier alpha value is -2.15. The van der Waals surface area contributed by atoms with E-state index in [2.05, 4.69) is 5.32 Å². The molecule has 1 aliphatic rings. The minimum atomic E-state index is -1.15.